The molecule has 0 saturated heterocycles. The van der Waals surface area contributed by atoms with E-state index in [1.165, 1.54) is 36.4 Å². The third-order valence-corrected chi connectivity index (χ3v) is 5.71. The number of ketones is 1. The van der Waals surface area contributed by atoms with E-state index in [-0.39, 0.29) is 21.7 Å². The van der Waals surface area contributed by atoms with Crippen LogP contribution >= 0.6 is 0 Å². The zero-order valence-electron chi connectivity index (χ0n) is 15.0. The number of sulfonamides is 1. The monoisotopic (exact) mass is 405 g/mol. The number of nitrogens with one attached hydrogen (secondary N) is 1. The summed E-state index contributed by atoms with van der Waals surface area (Å²) in [5.41, 5.74) is -0.0973. The highest BCUT2D eigenvalue weighted by molar-refractivity contribution is 7.92. The molecule has 0 unspecified atom stereocenters. The minimum Gasteiger partial charge on any atom is -0.422 e. The summed E-state index contributed by atoms with van der Waals surface area (Å²) in [5, 5.41) is 0.622. The van der Waals surface area contributed by atoms with Crippen LogP contribution in [0.5, 0.6) is 0 Å². The topological polar surface area (TPSA) is 93.4 Å². The van der Waals surface area contributed by atoms with E-state index >= 15 is 0 Å². The molecule has 0 spiro atoms. The summed E-state index contributed by atoms with van der Waals surface area (Å²) in [4.78, 5) is 25.2. The van der Waals surface area contributed by atoms with Crippen molar-refractivity contribution in [1.82, 2.24) is 0 Å². The lowest BCUT2D eigenvalue weighted by Crippen LogP contribution is -2.16. The van der Waals surface area contributed by atoms with Crippen molar-refractivity contribution in [3.8, 4) is 0 Å². The summed E-state index contributed by atoms with van der Waals surface area (Å²) < 4.78 is 32.6. The molecule has 3 aromatic carbocycles. The highest BCUT2D eigenvalue weighted by atomic mass is 32.2. The molecule has 0 radical (unpaired) electrons. The first-order valence-corrected chi connectivity index (χ1v) is 10.2. The van der Waals surface area contributed by atoms with E-state index in [1.54, 1.807) is 48.5 Å². The van der Waals surface area contributed by atoms with Crippen LogP contribution < -0.4 is 10.3 Å². The molecule has 0 saturated carbocycles. The molecular weight excluding hydrogens is 390 g/mol. The Kier molecular flexibility index (Phi) is 4.74. The Morgan fingerprint density at radius 2 is 1.55 bits per heavy atom. The predicted molar refractivity (Wildman–Crippen MR) is 110 cm³/mol. The molecule has 29 heavy (non-hydrogen) atoms. The first kappa shape index (κ1) is 18.6. The molecule has 0 atom stereocenters. The van der Waals surface area contributed by atoms with Gasteiger partial charge in [-0.25, -0.2) is 13.2 Å². The normalized spacial score (nSPS) is 11.3. The standard InChI is InChI=1S/C22H15NO5S/c24-21(19-14-15-7-4-5-12-20(15)28-22(19)25)16-8-6-9-17(13-16)23-29(26,27)18-10-2-1-3-11-18/h1-14,23H. The van der Waals surface area contributed by atoms with Gasteiger partial charge in [0, 0.05) is 16.6 Å². The molecule has 4 aromatic rings. The number of hydrogen-bond donors (Lipinski definition) is 1. The first-order chi connectivity index (χ1) is 13.9. The van der Waals surface area contributed by atoms with E-state index in [2.05, 4.69) is 4.72 Å². The van der Waals surface area contributed by atoms with Crippen LogP contribution in [-0.4, -0.2) is 14.2 Å². The average Bonchev–Trinajstić information content (AvgIpc) is 2.73. The van der Waals surface area contributed by atoms with Crippen molar-refractivity contribution < 1.29 is 17.6 Å². The van der Waals surface area contributed by atoms with Crippen LogP contribution in [0.3, 0.4) is 0 Å². The van der Waals surface area contributed by atoms with Crippen LogP contribution in [0.2, 0.25) is 0 Å². The number of fused-ring (bicyclic) bond motifs is 1. The summed E-state index contributed by atoms with van der Waals surface area (Å²) in [6.45, 7) is 0. The van der Waals surface area contributed by atoms with E-state index in [0.717, 1.165) is 0 Å². The van der Waals surface area contributed by atoms with E-state index < -0.39 is 21.4 Å². The fourth-order valence-electron chi connectivity index (χ4n) is 2.91. The van der Waals surface area contributed by atoms with E-state index in [0.29, 0.717) is 11.0 Å². The summed E-state index contributed by atoms with van der Waals surface area (Å²) in [7, 11) is -3.80. The lowest BCUT2D eigenvalue weighted by atomic mass is 10.0. The van der Waals surface area contributed by atoms with Crippen molar-refractivity contribution >= 4 is 32.5 Å². The van der Waals surface area contributed by atoms with Gasteiger partial charge >= 0.3 is 5.63 Å². The second kappa shape index (κ2) is 7.37. The minimum atomic E-state index is -3.80. The maximum absolute atomic E-state index is 12.9. The molecule has 0 aliphatic carbocycles. The maximum atomic E-state index is 12.9. The van der Waals surface area contributed by atoms with Gasteiger partial charge in [0.05, 0.1) is 4.90 Å². The fourth-order valence-corrected chi connectivity index (χ4v) is 3.98. The maximum Gasteiger partial charge on any atom is 0.347 e. The third kappa shape index (κ3) is 3.81. The molecule has 1 heterocycles. The highest BCUT2D eigenvalue weighted by Crippen LogP contribution is 2.20. The fraction of sp³-hybridized carbons (Fsp3) is 0. The van der Waals surface area contributed by atoms with Crippen LogP contribution in [0.25, 0.3) is 11.0 Å². The van der Waals surface area contributed by atoms with Crippen LogP contribution in [0.1, 0.15) is 15.9 Å². The minimum absolute atomic E-state index is 0.104. The molecule has 0 aliphatic rings. The predicted octanol–water partition coefficient (Wildman–Crippen LogP) is 3.82. The Hall–Kier alpha value is -3.71. The van der Waals surface area contributed by atoms with Crippen molar-refractivity contribution in [2.24, 2.45) is 0 Å². The largest absolute Gasteiger partial charge is 0.422 e. The number of carbonyl (C=O) groups excluding carboxylic acids is 1. The Morgan fingerprint density at radius 1 is 0.828 bits per heavy atom. The molecule has 4 rings (SSSR count). The molecule has 0 aliphatic heterocycles. The zero-order chi connectivity index (χ0) is 20.4. The highest BCUT2D eigenvalue weighted by Gasteiger charge is 2.18. The molecule has 0 fully saturated rings. The summed E-state index contributed by atoms with van der Waals surface area (Å²) in [6.07, 6.45) is 0. The van der Waals surface area contributed by atoms with E-state index in [1.807, 2.05) is 0 Å². The molecule has 0 bridgehead atoms. The number of hydrogen-bond acceptors (Lipinski definition) is 5. The van der Waals surface area contributed by atoms with E-state index in [9.17, 15) is 18.0 Å². The number of carbonyl (C=O) groups is 1. The zero-order valence-corrected chi connectivity index (χ0v) is 15.8. The van der Waals surface area contributed by atoms with Crippen molar-refractivity contribution in [2.75, 3.05) is 4.72 Å². The molecule has 144 valence electrons. The van der Waals surface area contributed by atoms with Gasteiger partial charge in [0.25, 0.3) is 10.0 Å². The third-order valence-electron chi connectivity index (χ3n) is 4.32. The smallest absolute Gasteiger partial charge is 0.347 e. The van der Waals surface area contributed by atoms with Gasteiger partial charge in [0.2, 0.25) is 0 Å². The van der Waals surface area contributed by atoms with Gasteiger partial charge < -0.3 is 4.42 Å². The molecule has 1 aromatic heterocycles. The molecular formula is C22H15NO5S. The van der Waals surface area contributed by atoms with Crippen LogP contribution in [0, 0.1) is 0 Å². The van der Waals surface area contributed by atoms with Gasteiger partial charge in [0.1, 0.15) is 11.1 Å². The Bertz CT molecular complexity index is 1380. The van der Waals surface area contributed by atoms with Crippen LogP contribution in [-0.2, 0) is 10.0 Å². The van der Waals surface area contributed by atoms with Gasteiger partial charge in [-0.3, -0.25) is 9.52 Å². The van der Waals surface area contributed by atoms with Gasteiger partial charge in [0.15, 0.2) is 5.78 Å². The molecule has 1 N–H and O–H groups in total. The quantitative estimate of drug-likeness (QED) is 0.402. The SMILES string of the molecule is O=C(c1cccc(NS(=O)(=O)c2ccccc2)c1)c1cc2ccccc2oc1=O. The summed E-state index contributed by atoms with van der Waals surface area (Å²) in [5.74, 6) is -0.551. The van der Waals surface area contributed by atoms with Gasteiger partial charge in [-0.2, -0.15) is 0 Å². The average molecular weight is 405 g/mol. The number of anilines is 1. The second-order valence-electron chi connectivity index (χ2n) is 6.31. The molecule has 6 nitrogen and oxygen atoms in total. The number of para-hydroxylation sites is 1. The molecule has 7 heteroatoms. The Labute approximate surface area is 166 Å². The van der Waals surface area contributed by atoms with E-state index in [4.69, 9.17) is 4.42 Å². The van der Waals surface area contributed by atoms with Crippen molar-refractivity contribution in [3.05, 3.63) is 106 Å². The Morgan fingerprint density at radius 3 is 2.34 bits per heavy atom. The van der Waals surface area contributed by atoms with Gasteiger partial charge in [-0.1, -0.05) is 48.5 Å². The van der Waals surface area contributed by atoms with Crippen LogP contribution in [0.15, 0.2) is 99.0 Å². The van der Waals surface area contributed by atoms with Gasteiger partial charge in [-0.15, -0.1) is 0 Å². The summed E-state index contributed by atoms with van der Waals surface area (Å²) >= 11 is 0. The second-order valence-corrected chi connectivity index (χ2v) is 8.00. The first-order valence-electron chi connectivity index (χ1n) is 8.69. The lowest BCUT2D eigenvalue weighted by Gasteiger charge is -2.09. The van der Waals surface area contributed by atoms with Crippen LogP contribution in [0.4, 0.5) is 5.69 Å². The molecule has 0 amide bonds. The lowest BCUT2D eigenvalue weighted by molar-refractivity contribution is 0.103. The van der Waals surface area contributed by atoms with Crippen molar-refractivity contribution in [3.63, 3.8) is 0 Å². The van der Waals surface area contributed by atoms with Crippen molar-refractivity contribution in [2.45, 2.75) is 4.90 Å². The summed E-state index contributed by atoms with van der Waals surface area (Å²) in [6, 6.07) is 22.2. The Balaban J connectivity index is 1.68. The number of benzene rings is 3. The van der Waals surface area contributed by atoms with Gasteiger partial charge in [-0.05, 0) is 36.4 Å². The number of rotatable bonds is 5. The van der Waals surface area contributed by atoms with Crippen molar-refractivity contribution in [1.29, 1.82) is 0 Å².